The van der Waals surface area contributed by atoms with Crippen LogP contribution in [-0.4, -0.2) is 35.0 Å². The van der Waals surface area contributed by atoms with E-state index in [2.05, 4.69) is 5.32 Å². The molecule has 0 aliphatic heterocycles. The summed E-state index contributed by atoms with van der Waals surface area (Å²) in [6.07, 6.45) is 2.47. The molecule has 1 atom stereocenters. The summed E-state index contributed by atoms with van der Waals surface area (Å²) in [4.78, 5) is 22.8. The summed E-state index contributed by atoms with van der Waals surface area (Å²) in [6, 6.07) is 6.11. The van der Waals surface area contributed by atoms with Gasteiger partial charge in [0.15, 0.2) is 0 Å². The van der Waals surface area contributed by atoms with E-state index >= 15 is 0 Å². The molecule has 6 heteroatoms. The highest BCUT2D eigenvalue weighted by Gasteiger charge is 2.19. The van der Waals surface area contributed by atoms with Gasteiger partial charge in [0.05, 0.1) is 6.42 Å². The quantitative estimate of drug-likeness (QED) is 0.652. The SMILES string of the molecule is CSCC[C@@H](NC(=O)Cc1ccc(N)cc1)C(=O)O. The fourth-order valence-corrected chi connectivity index (χ4v) is 2.03. The number of hydrogen-bond acceptors (Lipinski definition) is 4. The standard InChI is InChI=1S/C13H18N2O3S/c1-19-7-6-11(13(17)18)15-12(16)8-9-2-4-10(14)5-3-9/h2-5,11H,6-8,14H2,1H3,(H,15,16)(H,17,18)/t11-/m1/s1. The summed E-state index contributed by atoms with van der Waals surface area (Å²) in [5.74, 6) is -0.600. The molecule has 19 heavy (non-hydrogen) atoms. The molecule has 1 aromatic rings. The van der Waals surface area contributed by atoms with Crippen LogP contribution in [0, 0.1) is 0 Å². The second-order valence-electron chi connectivity index (χ2n) is 4.16. The molecule has 1 amide bonds. The molecule has 0 spiro atoms. The molecular formula is C13H18N2O3S. The highest BCUT2D eigenvalue weighted by molar-refractivity contribution is 7.98. The molecule has 1 rings (SSSR count). The van der Waals surface area contributed by atoms with E-state index in [0.29, 0.717) is 17.9 Å². The van der Waals surface area contributed by atoms with Crippen LogP contribution >= 0.6 is 11.8 Å². The summed E-state index contributed by atoms with van der Waals surface area (Å²) in [5, 5.41) is 11.5. The van der Waals surface area contributed by atoms with Crippen molar-refractivity contribution in [2.45, 2.75) is 18.9 Å². The number of nitrogens with one attached hydrogen (secondary N) is 1. The molecular weight excluding hydrogens is 264 g/mol. The first-order valence-corrected chi connectivity index (χ1v) is 7.28. The number of benzene rings is 1. The fourth-order valence-electron chi connectivity index (χ4n) is 1.56. The summed E-state index contributed by atoms with van der Waals surface area (Å²) < 4.78 is 0. The number of hydrogen-bond donors (Lipinski definition) is 3. The van der Waals surface area contributed by atoms with Crippen LogP contribution in [0.3, 0.4) is 0 Å². The lowest BCUT2D eigenvalue weighted by atomic mass is 10.1. The number of thioether (sulfide) groups is 1. The van der Waals surface area contributed by atoms with E-state index in [4.69, 9.17) is 10.8 Å². The van der Waals surface area contributed by atoms with Crippen molar-refractivity contribution in [2.75, 3.05) is 17.7 Å². The second kappa shape index (κ2) is 7.68. The third kappa shape index (κ3) is 5.65. The van der Waals surface area contributed by atoms with Gasteiger partial charge in [0.1, 0.15) is 6.04 Å². The van der Waals surface area contributed by atoms with Gasteiger partial charge in [-0.25, -0.2) is 4.79 Å². The molecule has 0 heterocycles. The van der Waals surface area contributed by atoms with Gasteiger partial charge < -0.3 is 16.2 Å². The summed E-state index contributed by atoms with van der Waals surface area (Å²) in [5.41, 5.74) is 6.99. The van der Waals surface area contributed by atoms with E-state index < -0.39 is 12.0 Å². The van der Waals surface area contributed by atoms with Crippen molar-refractivity contribution in [1.82, 2.24) is 5.32 Å². The van der Waals surface area contributed by atoms with Crippen molar-refractivity contribution in [2.24, 2.45) is 0 Å². The molecule has 0 unspecified atom stereocenters. The van der Waals surface area contributed by atoms with Gasteiger partial charge in [0, 0.05) is 5.69 Å². The Bertz CT molecular complexity index is 434. The van der Waals surface area contributed by atoms with E-state index in [-0.39, 0.29) is 12.3 Å². The molecule has 0 fully saturated rings. The molecule has 0 aliphatic rings. The molecule has 4 N–H and O–H groups in total. The van der Waals surface area contributed by atoms with Gasteiger partial charge in [0.2, 0.25) is 5.91 Å². The predicted octanol–water partition coefficient (Wildman–Crippen LogP) is 1.13. The van der Waals surface area contributed by atoms with Crippen LogP contribution in [0.1, 0.15) is 12.0 Å². The molecule has 0 aromatic heterocycles. The van der Waals surface area contributed by atoms with Crippen molar-refractivity contribution in [3.05, 3.63) is 29.8 Å². The largest absolute Gasteiger partial charge is 0.480 e. The molecule has 0 aliphatic carbocycles. The zero-order valence-electron chi connectivity index (χ0n) is 10.8. The number of rotatable bonds is 7. The van der Waals surface area contributed by atoms with Gasteiger partial charge >= 0.3 is 5.97 Å². The number of anilines is 1. The van der Waals surface area contributed by atoms with Gasteiger partial charge in [-0.15, -0.1) is 0 Å². The summed E-state index contributed by atoms with van der Waals surface area (Å²) in [6.45, 7) is 0. The topological polar surface area (TPSA) is 92.4 Å². The Labute approximate surface area is 116 Å². The first-order valence-electron chi connectivity index (χ1n) is 5.88. The Hall–Kier alpha value is -1.69. The van der Waals surface area contributed by atoms with Crippen LogP contribution in [0.15, 0.2) is 24.3 Å². The number of amides is 1. The molecule has 1 aromatic carbocycles. The minimum Gasteiger partial charge on any atom is -0.480 e. The number of carbonyl (C=O) groups is 2. The number of nitrogen functional groups attached to an aromatic ring is 1. The van der Waals surface area contributed by atoms with Gasteiger partial charge in [0.25, 0.3) is 0 Å². The zero-order valence-corrected chi connectivity index (χ0v) is 11.6. The van der Waals surface area contributed by atoms with Crippen molar-refractivity contribution in [3.8, 4) is 0 Å². The van der Waals surface area contributed by atoms with Gasteiger partial charge in [-0.1, -0.05) is 12.1 Å². The molecule has 0 saturated heterocycles. The number of nitrogens with two attached hydrogens (primary N) is 1. The van der Waals surface area contributed by atoms with Crippen LogP contribution in [0.4, 0.5) is 5.69 Å². The maximum Gasteiger partial charge on any atom is 0.326 e. The maximum atomic E-state index is 11.8. The van der Waals surface area contributed by atoms with Crippen LogP contribution in [0.2, 0.25) is 0 Å². The Morgan fingerprint density at radius 1 is 1.37 bits per heavy atom. The van der Waals surface area contributed by atoms with Gasteiger partial charge in [-0.2, -0.15) is 11.8 Å². The van der Waals surface area contributed by atoms with Crippen LogP contribution in [0.25, 0.3) is 0 Å². The van der Waals surface area contributed by atoms with Crippen LogP contribution < -0.4 is 11.1 Å². The first kappa shape index (κ1) is 15.4. The number of carbonyl (C=O) groups excluding carboxylic acids is 1. The van der Waals surface area contributed by atoms with E-state index in [1.807, 2.05) is 6.26 Å². The Morgan fingerprint density at radius 3 is 2.53 bits per heavy atom. The lowest BCUT2D eigenvalue weighted by Gasteiger charge is -2.13. The van der Waals surface area contributed by atoms with Crippen LogP contribution in [-0.2, 0) is 16.0 Å². The van der Waals surface area contributed by atoms with Crippen molar-refractivity contribution >= 4 is 29.3 Å². The molecule has 5 nitrogen and oxygen atoms in total. The van der Waals surface area contributed by atoms with Crippen molar-refractivity contribution < 1.29 is 14.7 Å². The fraction of sp³-hybridized carbons (Fsp3) is 0.385. The van der Waals surface area contributed by atoms with E-state index in [9.17, 15) is 9.59 Å². The monoisotopic (exact) mass is 282 g/mol. The molecule has 0 bridgehead atoms. The highest BCUT2D eigenvalue weighted by atomic mass is 32.2. The first-order chi connectivity index (χ1) is 9.02. The maximum absolute atomic E-state index is 11.8. The van der Waals surface area contributed by atoms with E-state index in [0.717, 1.165) is 5.56 Å². The third-order valence-corrected chi connectivity index (χ3v) is 3.23. The van der Waals surface area contributed by atoms with Crippen molar-refractivity contribution in [1.29, 1.82) is 0 Å². The number of aliphatic carboxylic acids is 1. The summed E-state index contributed by atoms with van der Waals surface area (Å²) >= 11 is 1.55. The smallest absolute Gasteiger partial charge is 0.326 e. The normalized spacial score (nSPS) is 11.8. The van der Waals surface area contributed by atoms with Gasteiger partial charge in [-0.05, 0) is 36.1 Å². The second-order valence-corrected chi connectivity index (χ2v) is 5.14. The summed E-state index contributed by atoms with van der Waals surface area (Å²) in [7, 11) is 0. The Morgan fingerprint density at radius 2 is 2.00 bits per heavy atom. The minimum absolute atomic E-state index is 0.156. The third-order valence-electron chi connectivity index (χ3n) is 2.59. The number of carboxylic acids is 1. The van der Waals surface area contributed by atoms with Crippen molar-refractivity contribution in [3.63, 3.8) is 0 Å². The molecule has 104 valence electrons. The predicted molar refractivity (Wildman–Crippen MR) is 77.1 cm³/mol. The zero-order chi connectivity index (χ0) is 14.3. The number of carboxylic acid groups (broad SMARTS) is 1. The highest BCUT2D eigenvalue weighted by Crippen LogP contribution is 2.07. The molecule has 0 saturated carbocycles. The van der Waals surface area contributed by atoms with E-state index in [1.54, 1.807) is 36.0 Å². The average molecular weight is 282 g/mol. The van der Waals surface area contributed by atoms with E-state index in [1.165, 1.54) is 0 Å². The Kier molecular flexibility index (Phi) is 6.21. The minimum atomic E-state index is -1.00. The van der Waals surface area contributed by atoms with Gasteiger partial charge in [-0.3, -0.25) is 4.79 Å². The molecule has 0 radical (unpaired) electrons. The lowest BCUT2D eigenvalue weighted by molar-refractivity contribution is -0.141. The lowest BCUT2D eigenvalue weighted by Crippen LogP contribution is -2.41. The average Bonchev–Trinajstić information content (AvgIpc) is 2.37. The Balaban J connectivity index is 2.52. The van der Waals surface area contributed by atoms with Crippen LogP contribution in [0.5, 0.6) is 0 Å².